The monoisotopic (exact) mass is 410 g/mol. The van der Waals surface area contributed by atoms with Crippen LogP contribution in [0.4, 0.5) is 18.9 Å². The van der Waals surface area contributed by atoms with Gasteiger partial charge in [0.1, 0.15) is 11.5 Å². The Morgan fingerprint density at radius 2 is 2.10 bits per heavy atom. The molecule has 1 aromatic rings. The van der Waals surface area contributed by atoms with Crippen LogP contribution in [-0.2, 0) is 14.8 Å². The van der Waals surface area contributed by atoms with Gasteiger partial charge in [-0.25, -0.2) is 26.3 Å². The molecule has 0 aromatic heterocycles. The predicted molar refractivity (Wildman–Crippen MR) is 75.5 cm³/mol. The zero-order chi connectivity index (χ0) is 16.2. The molecule has 21 heavy (non-hydrogen) atoms. The Morgan fingerprint density at radius 1 is 1.48 bits per heavy atom. The highest BCUT2D eigenvalue weighted by Gasteiger charge is 2.23. The maximum Gasteiger partial charge on any atom is 0.261 e. The average Bonchev–Trinajstić information content (AvgIpc) is 2.39. The number of nitrogens with one attached hydrogen (secondary N) is 1. The van der Waals surface area contributed by atoms with Gasteiger partial charge >= 0.3 is 0 Å². The number of nitrogen functional groups attached to an aromatic ring is 1. The van der Waals surface area contributed by atoms with Gasteiger partial charge in [-0.2, -0.15) is 0 Å². The number of rotatable bonds is 7. The lowest BCUT2D eigenvalue weighted by atomic mass is 10.3. The van der Waals surface area contributed by atoms with Crippen LogP contribution in [0.2, 0.25) is 5.02 Å². The van der Waals surface area contributed by atoms with Gasteiger partial charge in [0, 0.05) is 6.54 Å². The second kappa shape index (κ2) is 7.63. The summed E-state index contributed by atoms with van der Waals surface area (Å²) in [6.45, 7) is -1.40. The number of ether oxygens (including phenoxy) is 1. The van der Waals surface area contributed by atoms with E-state index in [1.807, 2.05) is 4.72 Å². The number of hydrogen-bond donors (Lipinski definition) is 2. The van der Waals surface area contributed by atoms with Gasteiger partial charge in [0.25, 0.3) is 6.43 Å². The standard InChI is InChI=1S/C10H11BrClF3N2O3S/c11-8-5(12)3-6(9(15)10(8)16)21(18,19)17-1-2-20-4-7(13)14/h3,7,17H,1-2,4,16H2. The molecular formula is C10H11BrClF3N2O3S. The maximum atomic E-state index is 13.9. The van der Waals surface area contributed by atoms with E-state index in [2.05, 4.69) is 20.7 Å². The largest absolute Gasteiger partial charge is 0.395 e. The summed E-state index contributed by atoms with van der Waals surface area (Å²) in [6, 6.07) is 0.889. The van der Waals surface area contributed by atoms with Crippen molar-refractivity contribution in [3.05, 3.63) is 21.4 Å². The summed E-state index contributed by atoms with van der Waals surface area (Å²) in [5.41, 5.74) is 4.94. The van der Waals surface area contributed by atoms with Crippen molar-refractivity contribution in [2.24, 2.45) is 0 Å². The fraction of sp³-hybridized carbons (Fsp3) is 0.400. The van der Waals surface area contributed by atoms with Crippen LogP contribution >= 0.6 is 27.5 Å². The molecule has 5 nitrogen and oxygen atoms in total. The molecule has 0 saturated heterocycles. The number of hydrogen-bond acceptors (Lipinski definition) is 4. The average molecular weight is 412 g/mol. The fourth-order valence-electron chi connectivity index (χ4n) is 1.29. The molecule has 0 atom stereocenters. The van der Waals surface area contributed by atoms with Crippen molar-refractivity contribution in [2.75, 3.05) is 25.5 Å². The van der Waals surface area contributed by atoms with Gasteiger partial charge < -0.3 is 10.5 Å². The van der Waals surface area contributed by atoms with E-state index in [4.69, 9.17) is 17.3 Å². The smallest absolute Gasteiger partial charge is 0.261 e. The Morgan fingerprint density at radius 3 is 2.67 bits per heavy atom. The molecule has 0 saturated carbocycles. The van der Waals surface area contributed by atoms with E-state index in [-0.39, 0.29) is 22.6 Å². The molecule has 120 valence electrons. The minimum absolute atomic E-state index is 0.0425. The van der Waals surface area contributed by atoms with Gasteiger partial charge in [-0.3, -0.25) is 0 Å². The third-order valence-electron chi connectivity index (χ3n) is 2.23. The number of sulfonamides is 1. The highest BCUT2D eigenvalue weighted by Crippen LogP contribution is 2.34. The fourth-order valence-corrected chi connectivity index (χ4v) is 2.98. The minimum Gasteiger partial charge on any atom is -0.395 e. The van der Waals surface area contributed by atoms with Gasteiger partial charge in [0.2, 0.25) is 10.0 Å². The maximum absolute atomic E-state index is 13.9. The first-order chi connectivity index (χ1) is 9.66. The molecule has 0 aliphatic heterocycles. The molecule has 0 aliphatic rings. The molecule has 0 radical (unpaired) electrons. The van der Waals surface area contributed by atoms with Gasteiger partial charge in [-0.1, -0.05) is 11.6 Å². The number of alkyl halides is 2. The third kappa shape index (κ3) is 4.99. The van der Waals surface area contributed by atoms with E-state index in [1.54, 1.807) is 0 Å². The third-order valence-corrected chi connectivity index (χ3v) is 5.07. The van der Waals surface area contributed by atoms with Crippen molar-refractivity contribution >= 4 is 43.2 Å². The highest BCUT2D eigenvalue weighted by atomic mass is 79.9. The Labute approximate surface area is 132 Å². The molecular weight excluding hydrogens is 401 g/mol. The van der Waals surface area contributed by atoms with Gasteiger partial charge in [-0.05, 0) is 22.0 Å². The van der Waals surface area contributed by atoms with Crippen LogP contribution in [0.1, 0.15) is 0 Å². The predicted octanol–water partition coefficient (Wildman–Crippen LogP) is 2.38. The zero-order valence-electron chi connectivity index (χ0n) is 10.4. The molecule has 0 aliphatic carbocycles. The van der Waals surface area contributed by atoms with Crippen LogP contribution in [0.5, 0.6) is 0 Å². The minimum atomic E-state index is -4.23. The summed E-state index contributed by atoms with van der Waals surface area (Å²) in [4.78, 5) is -0.734. The molecule has 0 spiro atoms. The van der Waals surface area contributed by atoms with E-state index in [0.717, 1.165) is 6.07 Å². The van der Waals surface area contributed by atoms with Gasteiger partial charge in [0.05, 0.1) is 21.8 Å². The number of benzene rings is 1. The summed E-state index contributed by atoms with van der Waals surface area (Å²) in [6.07, 6.45) is -2.65. The summed E-state index contributed by atoms with van der Waals surface area (Å²) in [5, 5.41) is -0.0803. The molecule has 1 aromatic carbocycles. The van der Waals surface area contributed by atoms with Crippen molar-refractivity contribution in [1.29, 1.82) is 0 Å². The van der Waals surface area contributed by atoms with Crippen LogP contribution in [0.3, 0.4) is 0 Å². The molecule has 0 unspecified atom stereocenters. The lowest BCUT2D eigenvalue weighted by molar-refractivity contribution is 0.0199. The lowest BCUT2D eigenvalue weighted by Gasteiger charge is -2.11. The quantitative estimate of drug-likeness (QED) is 0.410. The van der Waals surface area contributed by atoms with Crippen LogP contribution in [0.25, 0.3) is 0 Å². The second-order valence-electron chi connectivity index (χ2n) is 3.76. The van der Waals surface area contributed by atoms with Crippen LogP contribution in [0, 0.1) is 5.82 Å². The molecule has 0 heterocycles. The number of anilines is 1. The summed E-state index contributed by atoms with van der Waals surface area (Å²) >= 11 is 8.64. The van der Waals surface area contributed by atoms with Crippen LogP contribution in [-0.4, -0.2) is 34.6 Å². The highest BCUT2D eigenvalue weighted by molar-refractivity contribution is 9.10. The van der Waals surface area contributed by atoms with Crippen molar-refractivity contribution in [3.63, 3.8) is 0 Å². The van der Waals surface area contributed by atoms with Crippen LogP contribution in [0.15, 0.2) is 15.4 Å². The SMILES string of the molecule is Nc1c(F)c(S(=O)(=O)NCCOCC(F)F)cc(Cl)c1Br. The van der Waals surface area contributed by atoms with E-state index >= 15 is 0 Å². The lowest BCUT2D eigenvalue weighted by Crippen LogP contribution is -2.29. The first-order valence-electron chi connectivity index (χ1n) is 5.45. The normalized spacial score (nSPS) is 12.1. The molecule has 0 bridgehead atoms. The Bertz CT molecular complexity index is 616. The molecule has 0 amide bonds. The van der Waals surface area contributed by atoms with Crippen LogP contribution < -0.4 is 10.5 Å². The summed E-state index contributed by atoms with van der Waals surface area (Å²) in [5.74, 6) is -1.16. The van der Waals surface area contributed by atoms with Crippen molar-refractivity contribution in [3.8, 4) is 0 Å². The molecule has 3 N–H and O–H groups in total. The van der Waals surface area contributed by atoms with E-state index in [9.17, 15) is 21.6 Å². The van der Waals surface area contributed by atoms with Crippen molar-refractivity contribution in [1.82, 2.24) is 4.72 Å². The van der Waals surface area contributed by atoms with Gasteiger partial charge in [0.15, 0.2) is 5.82 Å². The Kier molecular flexibility index (Phi) is 6.72. The molecule has 0 fully saturated rings. The first kappa shape index (κ1) is 18.5. The molecule has 11 heteroatoms. The van der Waals surface area contributed by atoms with Gasteiger partial charge in [-0.15, -0.1) is 0 Å². The summed E-state index contributed by atoms with van der Waals surface area (Å²) < 4.78 is 67.7. The second-order valence-corrected chi connectivity index (χ2v) is 6.70. The molecule has 1 rings (SSSR count). The first-order valence-corrected chi connectivity index (χ1v) is 8.10. The summed E-state index contributed by atoms with van der Waals surface area (Å²) in [7, 11) is -4.23. The van der Waals surface area contributed by atoms with E-state index < -0.39 is 39.5 Å². The Balaban J connectivity index is 2.80. The van der Waals surface area contributed by atoms with Crippen molar-refractivity contribution < 1.29 is 26.3 Å². The topological polar surface area (TPSA) is 81.4 Å². The number of halogens is 5. The Hall–Kier alpha value is -0.550. The van der Waals surface area contributed by atoms with E-state index in [1.165, 1.54) is 0 Å². The van der Waals surface area contributed by atoms with E-state index in [0.29, 0.717) is 0 Å². The number of nitrogens with two attached hydrogens (primary N) is 1. The van der Waals surface area contributed by atoms with Crippen molar-refractivity contribution in [2.45, 2.75) is 11.3 Å². The zero-order valence-corrected chi connectivity index (χ0v) is 13.5.